The molecule has 16 heavy (non-hydrogen) atoms. The lowest BCUT2D eigenvalue weighted by Gasteiger charge is -2.09. The van der Waals surface area contributed by atoms with Crippen molar-refractivity contribution in [1.82, 2.24) is 0 Å². The van der Waals surface area contributed by atoms with Gasteiger partial charge in [0.1, 0.15) is 0 Å². The van der Waals surface area contributed by atoms with E-state index in [1.54, 1.807) is 0 Å². The maximum atomic E-state index is 11.7. The molecule has 0 unspecified atom stereocenters. The topological polar surface area (TPSA) is 26.3 Å². The van der Waals surface area contributed by atoms with Gasteiger partial charge >= 0.3 is 5.97 Å². The number of carbonyl (C=O) groups is 1. The lowest BCUT2D eigenvalue weighted by Crippen LogP contribution is -2.09. The molecule has 0 atom stereocenters. The average Bonchev–Trinajstić information content (AvgIpc) is 2.30. The number of hydrogen-bond acceptors (Lipinski definition) is 2. The van der Waals surface area contributed by atoms with Crippen molar-refractivity contribution in [2.24, 2.45) is 0 Å². The van der Waals surface area contributed by atoms with Gasteiger partial charge in [-0.15, -0.1) is 0 Å². The summed E-state index contributed by atoms with van der Waals surface area (Å²) in [6.45, 7) is 8.82. The fraction of sp³-hybridized carbons (Fsp3) is 0.786. The SMILES string of the molecule is CCCCCOC(=O)C(C)=C(CC)CCC. The second-order valence-corrected chi connectivity index (χ2v) is 4.18. The van der Waals surface area contributed by atoms with Crippen molar-refractivity contribution in [3.05, 3.63) is 11.1 Å². The summed E-state index contributed by atoms with van der Waals surface area (Å²) in [4.78, 5) is 11.7. The van der Waals surface area contributed by atoms with Crippen LogP contribution in [0.3, 0.4) is 0 Å². The molecule has 2 nitrogen and oxygen atoms in total. The van der Waals surface area contributed by atoms with Gasteiger partial charge in [0, 0.05) is 5.57 Å². The monoisotopic (exact) mass is 226 g/mol. The summed E-state index contributed by atoms with van der Waals surface area (Å²) in [5, 5.41) is 0. The number of ether oxygens (including phenoxy) is 1. The van der Waals surface area contributed by atoms with E-state index in [0.717, 1.165) is 44.1 Å². The van der Waals surface area contributed by atoms with Gasteiger partial charge in [0.05, 0.1) is 6.61 Å². The van der Waals surface area contributed by atoms with Crippen molar-refractivity contribution in [1.29, 1.82) is 0 Å². The summed E-state index contributed by atoms with van der Waals surface area (Å²) in [5.74, 6) is -0.124. The van der Waals surface area contributed by atoms with E-state index < -0.39 is 0 Å². The Labute approximate surface area is 100 Å². The van der Waals surface area contributed by atoms with Crippen LogP contribution in [-0.4, -0.2) is 12.6 Å². The van der Waals surface area contributed by atoms with Gasteiger partial charge in [0.25, 0.3) is 0 Å². The van der Waals surface area contributed by atoms with Crippen LogP contribution < -0.4 is 0 Å². The van der Waals surface area contributed by atoms with Gasteiger partial charge in [-0.25, -0.2) is 4.79 Å². The summed E-state index contributed by atoms with van der Waals surface area (Å²) in [6.07, 6.45) is 6.30. The van der Waals surface area contributed by atoms with Crippen LogP contribution in [0.4, 0.5) is 0 Å². The quantitative estimate of drug-likeness (QED) is 0.351. The van der Waals surface area contributed by atoms with Gasteiger partial charge in [-0.3, -0.25) is 0 Å². The van der Waals surface area contributed by atoms with E-state index >= 15 is 0 Å². The van der Waals surface area contributed by atoms with E-state index in [1.807, 2.05) is 6.92 Å². The number of allylic oxidation sites excluding steroid dienone is 1. The van der Waals surface area contributed by atoms with Crippen LogP contribution in [-0.2, 0) is 9.53 Å². The molecule has 0 N–H and O–H groups in total. The van der Waals surface area contributed by atoms with Crippen LogP contribution in [0, 0.1) is 0 Å². The summed E-state index contributed by atoms with van der Waals surface area (Å²) < 4.78 is 5.24. The third kappa shape index (κ3) is 5.94. The Morgan fingerprint density at radius 1 is 1.06 bits per heavy atom. The molecular weight excluding hydrogens is 200 g/mol. The van der Waals surface area contributed by atoms with E-state index in [-0.39, 0.29) is 5.97 Å². The van der Waals surface area contributed by atoms with Gasteiger partial charge in [-0.05, 0) is 26.2 Å². The molecule has 0 aromatic rings. The minimum Gasteiger partial charge on any atom is -0.462 e. The highest BCUT2D eigenvalue weighted by molar-refractivity contribution is 5.88. The first kappa shape index (κ1) is 15.2. The summed E-state index contributed by atoms with van der Waals surface area (Å²) in [7, 11) is 0. The highest BCUT2D eigenvalue weighted by Gasteiger charge is 2.10. The molecule has 0 spiro atoms. The molecule has 0 aliphatic carbocycles. The molecule has 0 aliphatic heterocycles. The molecule has 0 saturated carbocycles. The molecule has 0 aromatic heterocycles. The zero-order valence-corrected chi connectivity index (χ0v) is 11.3. The van der Waals surface area contributed by atoms with E-state index in [0.29, 0.717) is 6.61 Å². The van der Waals surface area contributed by atoms with Crippen LogP contribution >= 0.6 is 0 Å². The second kappa shape index (κ2) is 9.44. The van der Waals surface area contributed by atoms with Crippen molar-refractivity contribution < 1.29 is 9.53 Å². The van der Waals surface area contributed by atoms with Crippen LogP contribution in [0.5, 0.6) is 0 Å². The van der Waals surface area contributed by atoms with Crippen molar-refractivity contribution in [3.8, 4) is 0 Å². The summed E-state index contributed by atoms with van der Waals surface area (Å²) >= 11 is 0. The maximum Gasteiger partial charge on any atom is 0.333 e. The van der Waals surface area contributed by atoms with Crippen molar-refractivity contribution in [2.75, 3.05) is 6.61 Å². The number of hydrogen-bond donors (Lipinski definition) is 0. The number of unbranched alkanes of at least 4 members (excludes halogenated alkanes) is 2. The predicted octanol–water partition coefficient (Wildman–Crippen LogP) is 4.25. The second-order valence-electron chi connectivity index (χ2n) is 4.18. The molecule has 0 fully saturated rings. The van der Waals surface area contributed by atoms with Gasteiger partial charge in [-0.1, -0.05) is 45.6 Å². The molecule has 0 radical (unpaired) electrons. The Hall–Kier alpha value is -0.790. The van der Waals surface area contributed by atoms with Crippen molar-refractivity contribution in [2.45, 2.75) is 66.2 Å². The lowest BCUT2D eigenvalue weighted by molar-refractivity contribution is -0.139. The van der Waals surface area contributed by atoms with E-state index in [2.05, 4.69) is 20.8 Å². The molecule has 0 amide bonds. The Bertz CT molecular complexity index is 229. The lowest BCUT2D eigenvalue weighted by atomic mass is 10.0. The standard InChI is InChI=1S/C14H26O2/c1-5-8-9-11-16-14(15)12(4)13(7-3)10-6-2/h5-11H2,1-4H3. The first-order chi connectivity index (χ1) is 7.67. The molecule has 0 aromatic carbocycles. The molecule has 0 saturated heterocycles. The maximum absolute atomic E-state index is 11.7. The van der Waals surface area contributed by atoms with Gasteiger partial charge in [0.15, 0.2) is 0 Å². The normalized spacial score (nSPS) is 12.2. The smallest absolute Gasteiger partial charge is 0.333 e. The van der Waals surface area contributed by atoms with Crippen molar-refractivity contribution >= 4 is 5.97 Å². The molecule has 0 bridgehead atoms. The summed E-state index contributed by atoms with van der Waals surface area (Å²) in [5.41, 5.74) is 2.06. The third-order valence-electron chi connectivity index (χ3n) is 2.80. The molecule has 0 rings (SSSR count). The molecular formula is C14H26O2. The van der Waals surface area contributed by atoms with E-state index in [9.17, 15) is 4.79 Å². The average molecular weight is 226 g/mol. The van der Waals surface area contributed by atoms with Crippen LogP contribution in [0.2, 0.25) is 0 Å². The highest BCUT2D eigenvalue weighted by Crippen LogP contribution is 2.16. The Morgan fingerprint density at radius 3 is 2.25 bits per heavy atom. The largest absolute Gasteiger partial charge is 0.462 e. The van der Waals surface area contributed by atoms with Crippen LogP contribution in [0.1, 0.15) is 66.2 Å². The first-order valence-corrected chi connectivity index (χ1v) is 6.53. The number of esters is 1. The van der Waals surface area contributed by atoms with E-state index in [1.165, 1.54) is 5.57 Å². The van der Waals surface area contributed by atoms with Gasteiger partial charge < -0.3 is 4.74 Å². The Balaban J connectivity index is 4.13. The minimum atomic E-state index is -0.124. The minimum absolute atomic E-state index is 0.124. The Kier molecular flexibility index (Phi) is 8.97. The number of carbonyl (C=O) groups excluding carboxylic acids is 1. The highest BCUT2D eigenvalue weighted by atomic mass is 16.5. The zero-order valence-electron chi connectivity index (χ0n) is 11.3. The fourth-order valence-corrected chi connectivity index (χ4v) is 1.70. The zero-order chi connectivity index (χ0) is 12.4. The van der Waals surface area contributed by atoms with Crippen LogP contribution in [0.15, 0.2) is 11.1 Å². The molecule has 0 heterocycles. The van der Waals surface area contributed by atoms with Gasteiger partial charge in [-0.2, -0.15) is 0 Å². The number of rotatable bonds is 8. The van der Waals surface area contributed by atoms with E-state index in [4.69, 9.17) is 4.74 Å². The summed E-state index contributed by atoms with van der Waals surface area (Å²) in [6, 6.07) is 0. The Morgan fingerprint density at radius 2 is 1.75 bits per heavy atom. The fourth-order valence-electron chi connectivity index (χ4n) is 1.70. The third-order valence-corrected chi connectivity index (χ3v) is 2.80. The molecule has 0 aliphatic rings. The molecule has 2 heteroatoms. The predicted molar refractivity (Wildman–Crippen MR) is 68.4 cm³/mol. The van der Waals surface area contributed by atoms with Gasteiger partial charge in [0.2, 0.25) is 0 Å². The first-order valence-electron chi connectivity index (χ1n) is 6.53. The molecule has 94 valence electrons. The van der Waals surface area contributed by atoms with Crippen molar-refractivity contribution in [3.63, 3.8) is 0 Å². The van der Waals surface area contributed by atoms with Crippen LogP contribution in [0.25, 0.3) is 0 Å².